The van der Waals surface area contributed by atoms with Gasteiger partial charge in [-0.15, -0.1) is 0 Å². The number of hydrogen-bond donors (Lipinski definition) is 1. The molecule has 0 bridgehead atoms. The van der Waals surface area contributed by atoms with E-state index in [9.17, 15) is 4.39 Å². The summed E-state index contributed by atoms with van der Waals surface area (Å²) < 4.78 is 19.5. The van der Waals surface area contributed by atoms with E-state index in [1.165, 1.54) is 6.26 Å². The van der Waals surface area contributed by atoms with Gasteiger partial charge in [0, 0.05) is 6.04 Å². The Morgan fingerprint density at radius 3 is 3.08 bits per heavy atom. The van der Waals surface area contributed by atoms with Crippen LogP contribution in [0, 0.1) is 0 Å². The number of rotatable bonds is 2. The van der Waals surface area contributed by atoms with Gasteiger partial charge in [0.05, 0.1) is 10.7 Å². The molecule has 13 heavy (non-hydrogen) atoms. The minimum Gasteiger partial charge on any atom is -0.465 e. The molecule has 1 aromatic rings. The van der Waals surface area contributed by atoms with Crippen LogP contribution in [0.4, 0.5) is 4.39 Å². The first-order valence-corrected chi connectivity index (χ1v) is 5.18. The van der Waals surface area contributed by atoms with E-state index in [0.717, 1.165) is 19.4 Å². The number of nitrogens with one attached hydrogen (secondary N) is 1. The first kappa shape index (κ1) is 9.21. The van der Waals surface area contributed by atoms with E-state index in [2.05, 4.69) is 21.2 Å². The van der Waals surface area contributed by atoms with Crippen molar-refractivity contribution in [1.29, 1.82) is 0 Å². The fraction of sp³-hybridized carbons (Fsp3) is 0.556. The van der Waals surface area contributed by atoms with E-state index < -0.39 is 6.17 Å². The maximum absolute atomic E-state index is 13.7. The van der Waals surface area contributed by atoms with E-state index >= 15 is 0 Å². The van der Waals surface area contributed by atoms with E-state index in [-0.39, 0.29) is 6.04 Å². The van der Waals surface area contributed by atoms with E-state index in [4.69, 9.17) is 4.42 Å². The smallest absolute Gasteiger partial charge is 0.174 e. The Morgan fingerprint density at radius 1 is 1.69 bits per heavy atom. The van der Waals surface area contributed by atoms with Crippen LogP contribution >= 0.6 is 15.9 Å². The molecule has 2 rings (SSSR count). The Bertz CT molecular complexity index is 283. The fourth-order valence-electron chi connectivity index (χ4n) is 1.65. The van der Waals surface area contributed by atoms with Crippen molar-refractivity contribution in [1.82, 2.24) is 5.32 Å². The zero-order valence-corrected chi connectivity index (χ0v) is 8.68. The lowest BCUT2D eigenvalue weighted by molar-refractivity contribution is 0.229. The van der Waals surface area contributed by atoms with Crippen molar-refractivity contribution in [2.45, 2.75) is 25.1 Å². The maximum Gasteiger partial charge on any atom is 0.174 e. The Kier molecular flexibility index (Phi) is 2.69. The van der Waals surface area contributed by atoms with Gasteiger partial charge in [-0.05, 0) is 41.4 Å². The van der Waals surface area contributed by atoms with Crippen LogP contribution in [0.1, 0.15) is 24.8 Å². The summed E-state index contributed by atoms with van der Waals surface area (Å²) in [5.41, 5.74) is 0. The molecular formula is C9H11BrFNO. The second kappa shape index (κ2) is 3.80. The Morgan fingerprint density at radius 2 is 2.54 bits per heavy atom. The summed E-state index contributed by atoms with van der Waals surface area (Å²) in [6.45, 7) is 0.906. The Balaban J connectivity index is 2.12. The normalized spacial score (nSPS) is 24.9. The van der Waals surface area contributed by atoms with Crippen LogP contribution in [0.5, 0.6) is 0 Å². The number of furan rings is 1. The molecule has 1 aromatic heterocycles. The van der Waals surface area contributed by atoms with Crippen molar-refractivity contribution < 1.29 is 8.81 Å². The fourth-order valence-corrected chi connectivity index (χ4v) is 2.07. The predicted octanol–water partition coefficient (Wildman–Crippen LogP) is 2.80. The molecule has 1 N–H and O–H groups in total. The van der Waals surface area contributed by atoms with Gasteiger partial charge in [0.1, 0.15) is 0 Å². The molecule has 4 heteroatoms. The molecule has 1 saturated heterocycles. The molecule has 2 unspecified atom stereocenters. The van der Waals surface area contributed by atoms with Gasteiger partial charge in [-0.1, -0.05) is 0 Å². The molecule has 0 aromatic carbocycles. The standard InChI is InChI=1S/C9H11BrFNO/c10-6-3-5-13-9(6)8(11)7-2-1-4-12-7/h3,5,7-8,12H,1-2,4H2. The molecule has 0 aliphatic carbocycles. The highest BCUT2D eigenvalue weighted by atomic mass is 79.9. The summed E-state index contributed by atoms with van der Waals surface area (Å²) in [7, 11) is 0. The van der Waals surface area contributed by atoms with Crippen LogP contribution in [-0.4, -0.2) is 12.6 Å². The van der Waals surface area contributed by atoms with Gasteiger partial charge in [-0.3, -0.25) is 0 Å². The van der Waals surface area contributed by atoms with Gasteiger partial charge >= 0.3 is 0 Å². The van der Waals surface area contributed by atoms with Gasteiger partial charge in [0.2, 0.25) is 0 Å². The zero-order chi connectivity index (χ0) is 9.26. The van der Waals surface area contributed by atoms with Crippen molar-refractivity contribution in [3.8, 4) is 0 Å². The van der Waals surface area contributed by atoms with Crippen LogP contribution in [0.2, 0.25) is 0 Å². The highest BCUT2D eigenvalue weighted by Crippen LogP contribution is 2.32. The van der Waals surface area contributed by atoms with Gasteiger partial charge < -0.3 is 9.73 Å². The highest BCUT2D eigenvalue weighted by molar-refractivity contribution is 9.10. The van der Waals surface area contributed by atoms with Crippen LogP contribution in [-0.2, 0) is 0 Å². The maximum atomic E-state index is 13.7. The highest BCUT2D eigenvalue weighted by Gasteiger charge is 2.29. The largest absolute Gasteiger partial charge is 0.465 e. The molecular weight excluding hydrogens is 237 g/mol. The van der Waals surface area contributed by atoms with Gasteiger partial charge in [0.15, 0.2) is 11.9 Å². The average molecular weight is 248 g/mol. The van der Waals surface area contributed by atoms with E-state index in [0.29, 0.717) is 10.2 Å². The van der Waals surface area contributed by atoms with Crippen molar-refractivity contribution in [3.63, 3.8) is 0 Å². The van der Waals surface area contributed by atoms with Gasteiger partial charge in [-0.2, -0.15) is 0 Å². The van der Waals surface area contributed by atoms with Crippen LogP contribution < -0.4 is 5.32 Å². The number of hydrogen-bond acceptors (Lipinski definition) is 2. The minimum atomic E-state index is -1.04. The third kappa shape index (κ3) is 1.79. The third-order valence-corrected chi connectivity index (χ3v) is 3.00. The zero-order valence-electron chi connectivity index (χ0n) is 7.09. The molecule has 1 aliphatic rings. The molecule has 2 heterocycles. The topological polar surface area (TPSA) is 25.2 Å². The third-order valence-electron chi connectivity index (χ3n) is 2.35. The van der Waals surface area contributed by atoms with Crippen LogP contribution in [0.25, 0.3) is 0 Å². The lowest BCUT2D eigenvalue weighted by Crippen LogP contribution is -2.26. The minimum absolute atomic E-state index is 0.0811. The molecule has 0 spiro atoms. The number of alkyl halides is 1. The average Bonchev–Trinajstić information content (AvgIpc) is 2.72. The summed E-state index contributed by atoms with van der Waals surface area (Å²) in [5, 5.41) is 3.12. The molecule has 0 saturated carbocycles. The molecule has 2 atom stereocenters. The lowest BCUT2D eigenvalue weighted by Gasteiger charge is -2.13. The molecule has 1 aliphatic heterocycles. The lowest BCUT2D eigenvalue weighted by atomic mass is 10.1. The van der Waals surface area contributed by atoms with Crippen molar-refractivity contribution in [3.05, 3.63) is 22.6 Å². The summed E-state index contributed by atoms with van der Waals surface area (Å²) in [5.74, 6) is 0.402. The molecule has 72 valence electrons. The number of halogens is 2. The quantitative estimate of drug-likeness (QED) is 0.870. The first-order chi connectivity index (χ1) is 6.29. The second-order valence-electron chi connectivity index (χ2n) is 3.24. The monoisotopic (exact) mass is 247 g/mol. The molecule has 0 amide bonds. The summed E-state index contributed by atoms with van der Waals surface area (Å²) in [6.07, 6.45) is 2.39. The summed E-state index contributed by atoms with van der Waals surface area (Å²) in [4.78, 5) is 0. The SMILES string of the molecule is FC(c1occc1Br)C1CCCN1. The molecule has 1 fully saturated rings. The Labute approximate surface area is 84.6 Å². The summed E-state index contributed by atoms with van der Waals surface area (Å²) >= 11 is 3.25. The Hall–Kier alpha value is -0.350. The van der Waals surface area contributed by atoms with E-state index in [1.807, 2.05) is 0 Å². The van der Waals surface area contributed by atoms with Crippen molar-refractivity contribution in [2.75, 3.05) is 6.54 Å². The van der Waals surface area contributed by atoms with Gasteiger partial charge in [-0.25, -0.2) is 4.39 Å². The van der Waals surface area contributed by atoms with Crippen molar-refractivity contribution >= 4 is 15.9 Å². The predicted molar refractivity (Wildman–Crippen MR) is 51.3 cm³/mol. The molecule has 0 radical (unpaired) electrons. The van der Waals surface area contributed by atoms with Crippen LogP contribution in [0.3, 0.4) is 0 Å². The van der Waals surface area contributed by atoms with E-state index in [1.54, 1.807) is 6.07 Å². The molecule has 2 nitrogen and oxygen atoms in total. The van der Waals surface area contributed by atoms with Crippen LogP contribution in [0.15, 0.2) is 21.2 Å². The summed E-state index contributed by atoms with van der Waals surface area (Å²) in [6, 6.07) is 1.64. The van der Waals surface area contributed by atoms with Crippen molar-refractivity contribution in [2.24, 2.45) is 0 Å². The first-order valence-electron chi connectivity index (χ1n) is 4.39. The second-order valence-corrected chi connectivity index (χ2v) is 4.09. The van der Waals surface area contributed by atoms with Gasteiger partial charge in [0.25, 0.3) is 0 Å².